The Morgan fingerprint density at radius 3 is 1.02 bits per heavy atom. The molecule has 14 aromatic heterocycles. The Morgan fingerprint density at radius 2 is 0.685 bits per heavy atom. The number of hydrogen-bond acceptors (Lipinski definition) is 38. The number of hydrogen-bond donors (Lipinski definition) is 6. The van der Waals surface area contributed by atoms with Gasteiger partial charge in [0.1, 0.15) is 100 Å². The molecule has 12 N–H and O–H groups in total. The minimum atomic E-state index is -3.63. The van der Waals surface area contributed by atoms with E-state index in [9.17, 15) is 34.8 Å². The molecule has 0 unspecified atom stereocenters. The van der Waals surface area contributed by atoms with E-state index in [1.54, 1.807) is 193 Å². The second kappa shape index (κ2) is 45.7. The van der Waals surface area contributed by atoms with E-state index in [0.29, 0.717) is 189 Å². The number of carbonyl (C=O) groups excluding carboxylic acids is 2. The van der Waals surface area contributed by atoms with Gasteiger partial charge in [0, 0.05) is 45.1 Å². The van der Waals surface area contributed by atoms with Crippen molar-refractivity contribution in [3.8, 4) is 57.6 Å². The van der Waals surface area contributed by atoms with Crippen LogP contribution in [0.2, 0.25) is 0 Å². The van der Waals surface area contributed by atoms with Gasteiger partial charge in [-0.25, -0.2) is 118 Å². The Hall–Kier alpha value is -19.0. The first kappa shape index (κ1) is 101. The number of ether oxygens (including phenoxy) is 3. The van der Waals surface area contributed by atoms with Crippen LogP contribution < -0.4 is 43.9 Å². The highest BCUT2D eigenvalue weighted by Crippen LogP contribution is 2.32. The molecule has 0 amide bonds. The van der Waals surface area contributed by atoms with E-state index in [-0.39, 0.29) is 38.6 Å². The summed E-state index contributed by atoms with van der Waals surface area (Å²) in [5, 5.41) is 40.4. The van der Waals surface area contributed by atoms with Crippen LogP contribution in [0.3, 0.4) is 0 Å². The van der Waals surface area contributed by atoms with Crippen LogP contribution in [0, 0.1) is 11.3 Å². The number of carbonyl (C=O) groups is 2. The highest BCUT2D eigenvalue weighted by Gasteiger charge is 2.24. The predicted molar refractivity (Wildman–Crippen MR) is 561 cm³/mol. The lowest BCUT2D eigenvalue weighted by Gasteiger charge is -2.09. The molecule has 0 bridgehead atoms. The lowest BCUT2D eigenvalue weighted by Crippen LogP contribution is -2.07. The normalized spacial score (nSPS) is 11.3. The number of benzene rings is 8. The Bertz CT molecular complexity index is 9000. The highest BCUT2D eigenvalue weighted by molar-refractivity contribution is 7.92. The third-order valence-corrected chi connectivity index (χ3v) is 29.2. The van der Waals surface area contributed by atoms with Gasteiger partial charge in [-0.2, -0.15) is 35.9 Å². The molecular weight excluding hydrogens is 1980 g/mol. The summed E-state index contributed by atoms with van der Waals surface area (Å²) in [6.07, 6.45) is 22.0. The zero-order valence-corrected chi connectivity index (χ0v) is 82.8. The number of thiophene rings is 1. The van der Waals surface area contributed by atoms with Gasteiger partial charge in [0.05, 0.1) is 156 Å². The van der Waals surface area contributed by atoms with E-state index in [0.717, 1.165) is 40.0 Å². The second-order valence-corrected chi connectivity index (χ2v) is 40.0. The summed E-state index contributed by atoms with van der Waals surface area (Å²) in [7, 11) is -7.37. The number of fused-ring (bicyclic) bond motifs is 6. The van der Waals surface area contributed by atoms with Gasteiger partial charge in [-0.05, 0) is 173 Å². The number of rotatable bonds is 27. The summed E-state index contributed by atoms with van der Waals surface area (Å²) < 4.78 is 102. The Labute approximate surface area is 853 Å². The van der Waals surface area contributed by atoms with Crippen LogP contribution >= 0.6 is 11.3 Å². The summed E-state index contributed by atoms with van der Waals surface area (Å²) in [6.45, 7) is 2.45. The third kappa shape index (κ3) is 24.1. The number of nitriles is 1. The minimum Gasteiger partial charge on any atom is -0.497 e. The van der Waals surface area contributed by atoms with Crippen molar-refractivity contribution < 1.29 is 49.1 Å². The maximum Gasteiger partial charge on any atom is 0.219 e. The summed E-state index contributed by atoms with van der Waals surface area (Å²) in [5.74, 6) is 3.76. The average Bonchev–Trinajstić information content (AvgIpc) is 1.65. The second-order valence-electron chi connectivity index (χ2n) is 32.9. The molecule has 748 valence electrons. The first-order valence-corrected chi connectivity index (χ1v) is 51.2. The third-order valence-electron chi connectivity index (χ3n) is 22.6. The van der Waals surface area contributed by atoms with Crippen LogP contribution in [0.4, 0.5) is 34.9 Å². The molecule has 0 saturated heterocycles. The van der Waals surface area contributed by atoms with Crippen LogP contribution in [-0.2, 0) is 73.9 Å². The molecule has 47 heteroatoms. The molecule has 0 aliphatic heterocycles. The van der Waals surface area contributed by atoms with E-state index in [2.05, 4.69) is 101 Å². The topological polar surface area (TPSA) is 619 Å². The molecule has 0 atom stereocenters. The zero-order chi connectivity index (χ0) is 104. The van der Waals surface area contributed by atoms with Crippen molar-refractivity contribution in [3.05, 3.63) is 345 Å². The monoisotopic (exact) mass is 2070 g/mol. The van der Waals surface area contributed by atoms with Gasteiger partial charge in [0.2, 0.25) is 5.88 Å². The van der Waals surface area contributed by atoms with Gasteiger partial charge in [-0.15, -0.1) is 11.3 Å². The smallest absolute Gasteiger partial charge is 0.219 e. The standard InChI is InChI=1S/C23H18N6O3S.C19H17N5O3S.C16H13N5O2S2.C16H17N5O2.C16H17N5O.C12H8N6/c24-22-20-13-28-29(23(20)27-15-26-22)17-6-4-5-16(11-17)14-33(30,31)19-9-10-21(25-12-19)32-18-7-2-1-3-8-18;1-27-15-5-7-16(8-6-15)28(25,26)11-13-3-2-4-14(9-13)24-19-17(10-23-24)18(20)21-12-22-19;17-15-13-8-20-21(16(13)19-10-18-15)12-4-1-3-11(7-12)9-25(22,23)14-5-2-6-24-14;1-23-6-5-13(22)8-11-3-2-4-12(7-11)21-16-14(9-20-21)15(17)18-10-19-16;1-2-4-13(22)8-11-5-3-6-12(7-11)21-16-14(9-20-21)15(17)18-10-19-16;13-5-8-1-3-9(4-2-8)18-12-10(6-17-18)11(14)15-7-16-12/h1-13,15H,14H2,(H2,24,26,27);2-10,12H,11H2,1H3,(H2,20,21,22);1-8,10H,9H2,(H2,17,18,19);2-4,7,9-10H,5-6,8H2,1H3,(H2,17,18,19);3,5-7,9-10H,2,4,8H2,1H3,(H2,17,18,19);1-4,6-7H,(H2,14,15,16). The van der Waals surface area contributed by atoms with E-state index >= 15 is 0 Å². The number of nitrogens with two attached hydrogens (primary N) is 6. The Balaban J connectivity index is 0.000000123. The van der Waals surface area contributed by atoms with Crippen LogP contribution in [-0.4, -0.2) is 181 Å². The largest absolute Gasteiger partial charge is 0.497 e. The number of anilines is 6. The van der Waals surface area contributed by atoms with Crippen LogP contribution in [0.5, 0.6) is 17.4 Å². The molecular formula is C102H90N32O11S4. The van der Waals surface area contributed by atoms with Crippen molar-refractivity contribution in [1.29, 1.82) is 5.26 Å². The van der Waals surface area contributed by atoms with Crippen LogP contribution in [0.15, 0.2) is 325 Å². The minimum absolute atomic E-state index is 0.0717. The average molecular weight is 2070 g/mol. The maximum atomic E-state index is 13.0. The lowest BCUT2D eigenvalue weighted by atomic mass is 10.1. The van der Waals surface area contributed by atoms with E-state index in [4.69, 9.17) is 53.9 Å². The number of aromatic nitrogens is 25. The number of Topliss-reactive ketones (excluding diaryl/α,β-unsaturated/α-hetero) is 2. The van der Waals surface area contributed by atoms with Crippen molar-refractivity contribution in [2.24, 2.45) is 0 Å². The fraction of sp³-hybridized carbons (Fsp3) is 0.118. The molecule has 149 heavy (non-hydrogen) atoms. The molecule has 22 rings (SSSR count). The first-order valence-electron chi connectivity index (χ1n) is 45.4. The summed E-state index contributed by atoms with van der Waals surface area (Å²) in [5.41, 5.74) is 47.6. The Morgan fingerprint density at radius 1 is 0.342 bits per heavy atom. The maximum absolute atomic E-state index is 13.0. The molecule has 8 aromatic carbocycles. The van der Waals surface area contributed by atoms with E-state index in [1.165, 1.54) is 74.7 Å². The van der Waals surface area contributed by atoms with Crippen molar-refractivity contribution in [3.63, 3.8) is 0 Å². The quantitative estimate of drug-likeness (QED) is 0.0278. The molecule has 0 radical (unpaired) electrons. The van der Waals surface area contributed by atoms with Gasteiger partial charge < -0.3 is 48.6 Å². The van der Waals surface area contributed by atoms with Crippen molar-refractivity contribution in [1.82, 2.24) is 123 Å². The first-order chi connectivity index (χ1) is 72.2. The van der Waals surface area contributed by atoms with E-state index < -0.39 is 29.5 Å². The fourth-order valence-corrected chi connectivity index (χ4v) is 20.4. The van der Waals surface area contributed by atoms with Gasteiger partial charge in [0.25, 0.3) is 0 Å². The fourth-order valence-electron chi connectivity index (χ4n) is 15.4. The van der Waals surface area contributed by atoms with Gasteiger partial charge in [-0.1, -0.05) is 91.9 Å². The van der Waals surface area contributed by atoms with Crippen molar-refractivity contribution >= 4 is 154 Å². The SMILES string of the molecule is CCCC(=O)Cc1cccc(-n2ncc3c(N)ncnc32)c1.COCCC(=O)Cc1cccc(-n2ncc3c(N)ncnc32)c1.COc1ccc(S(=O)(=O)Cc2cccc(-n3ncc4c(N)ncnc43)c2)cc1.N#Cc1ccc(-n2ncc3c(N)ncnc32)cc1.Nc1ncnc2c1cnn2-c1cccc(CS(=O)(=O)c2ccc(Oc3ccccc3)nc2)c1.Nc1ncnc2c1cnn2-c1cccc(CS(=O)(=O)c2cccs2)c1. The number of nitrogens with zero attached hydrogens (tertiary/aromatic N) is 26. The number of methoxy groups -OCH3 is 2. The number of para-hydroxylation sites is 1. The van der Waals surface area contributed by atoms with Gasteiger partial charge >= 0.3 is 0 Å². The zero-order valence-electron chi connectivity index (χ0n) is 79.5. The molecule has 0 saturated carbocycles. The summed E-state index contributed by atoms with van der Waals surface area (Å²) in [4.78, 5) is 77.2. The predicted octanol–water partition coefficient (Wildman–Crippen LogP) is 13.5. The van der Waals surface area contributed by atoms with Gasteiger partial charge in [-0.3, -0.25) is 9.59 Å². The van der Waals surface area contributed by atoms with Crippen LogP contribution in [0.1, 0.15) is 59.6 Å². The molecule has 14 heterocycles. The van der Waals surface area contributed by atoms with Gasteiger partial charge in [0.15, 0.2) is 63.4 Å². The highest BCUT2D eigenvalue weighted by atomic mass is 32.2. The van der Waals surface area contributed by atoms with Crippen LogP contribution in [0.25, 0.3) is 100 Å². The Kier molecular flexibility index (Phi) is 31.1. The summed E-state index contributed by atoms with van der Waals surface area (Å²) in [6, 6.07) is 67.9. The number of nitrogen functional groups attached to an aromatic ring is 6. The lowest BCUT2D eigenvalue weighted by molar-refractivity contribution is -0.119. The number of pyridine rings is 1. The number of sulfone groups is 3. The molecule has 0 fully saturated rings. The molecule has 0 aliphatic rings. The van der Waals surface area contributed by atoms with E-state index in [1.807, 2.05) is 104 Å². The van der Waals surface area contributed by atoms with Crippen molar-refractivity contribution in [2.75, 3.05) is 55.2 Å². The molecule has 0 aliphatic carbocycles. The number of ketones is 2. The molecule has 22 aromatic rings. The van der Waals surface area contributed by atoms with Crippen molar-refractivity contribution in [2.45, 2.75) is 70.3 Å². The molecule has 43 nitrogen and oxygen atoms in total. The molecule has 0 spiro atoms. The summed E-state index contributed by atoms with van der Waals surface area (Å²) >= 11 is 1.22.